The number of carbonyl (C=O) groups is 2. The zero-order chi connectivity index (χ0) is 22.4. The first-order chi connectivity index (χ1) is 14.2. The summed E-state index contributed by atoms with van der Waals surface area (Å²) in [5.74, 6) is -1.54. The zero-order valence-electron chi connectivity index (χ0n) is 18.9. The molecule has 0 aliphatic carbocycles. The van der Waals surface area contributed by atoms with Crippen molar-refractivity contribution in [2.75, 3.05) is 39.3 Å². The van der Waals surface area contributed by atoms with Crippen molar-refractivity contribution in [3.63, 3.8) is 0 Å². The summed E-state index contributed by atoms with van der Waals surface area (Å²) < 4.78 is 15.9. The van der Waals surface area contributed by atoms with Gasteiger partial charge in [-0.2, -0.15) is 0 Å². The molecule has 0 radical (unpaired) electrons. The summed E-state index contributed by atoms with van der Waals surface area (Å²) in [6.07, 6.45) is -0.282. The van der Waals surface area contributed by atoms with Crippen LogP contribution in [0.25, 0.3) is 0 Å². The number of dihydropyridines is 1. The van der Waals surface area contributed by atoms with E-state index in [1.54, 1.807) is 21.0 Å². The number of esters is 2. The molecule has 1 unspecified atom stereocenters. The molecule has 0 aromatic heterocycles. The first kappa shape index (κ1) is 23.5. The number of benzene rings is 1. The summed E-state index contributed by atoms with van der Waals surface area (Å²) >= 11 is 0. The lowest BCUT2D eigenvalue weighted by Crippen LogP contribution is -2.33. The van der Waals surface area contributed by atoms with Gasteiger partial charge in [0.15, 0.2) is 0 Å². The Bertz CT molecular complexity index is 855. The SMILES string of the molecule is COCCOC(=O)C1=C(C)NC(C)=C(C(=O)OC(C)C)C1c1cccc(N(C)C)c1. The maximum absolute atomic E-state index is 13.0. The van der Waals surface area contributed by atoms with Crippen LogP contribution in [0.5, 0.6) is 0 Å². The number of carbonyl (C=O) groups excluding carboxylic acids is 2. The van der Waals surface area contributed by atoms with E-state index in [1.807, 2.05) is 57.1 Å². The van der Waals surface area contributed by atoms with Gasteiger partial charge in [0.25, 0.3) is 0 Å². The Kier molecular flexibility index (Phi) is 8.06. The van der Waals surface area contributed by atoms with Crippen LogP contribution < -0.4 is 10.2 Å². The van der Waals surface area contributed by atoms with Crippen LogP contribution in [0.4, 0.5) is 5.69 Å². The van der Waals surface area contributed by atoms with E-state index < -0.39 is 17.9 Å². The molecule has 1 atom stereocenters. The highest BCUT2D eigenvalue weighted by molar-refractivity contribution is 6.00. The van der Waals surface area contributed by atoms with Crippen LogP contribution >= 0.6 is 0 Å². The maximum Gasteiger partial charge on any atom is 0.337 e. The van der Waals surface area contributed by atoms with E-state index in [0.717, 1.165) is 11.3 Å². The summed E-state index contributed by atoms with van der Waals surface area (Å²) in [6.45, 7) is 7.65. The number of nitrogens with one attached hydrogen (secondary N) is 1. The fourth-order valence-electron chi connectivity index (χ4n) is 3.42. The van der Waals surface area contributed by atoms with Gasteiger partial charge in [-0.3, -0.25) is 0 Å². The van der Waals surface area contributed by atoms with Crippen LogP contribution in [0.3, 0.4) is 0 Å². The van der Waals surface area contributed by atoms with Gasteiger partial charge in [-0.05, 0) is 45.4 Å². The Morgan fingerprint density at radius 2 is 1.70 bits per heavy atom. The lowest BCUT2D eigenvalue weighted by Gasteiger charge is -2.31. The highest BCUT2D eigenvalue weighted by Gasteiger charge is 2.38. The average Bonchev–Trinajstić information content (AvgIpc) is 2.66. The number of hydrogen-bond donors (Lipinski definition) is 1. The molecule has 7 heteroatoms. The van der Waals surface area contributed by atoms with Gasteiger partial charge >= 0.3 is 11.9 Å². The lowest BCUT2D eigenvalue weighted by molar-refractivity contribution is -0.143. The molecule has 1 N–H and O–H groups in total. The van der Waals surface area contributed by atoms with Crippen LogP contribution in [0.15, 0.2) is 46.8 Å². The van der Waals surface area contributed by atoms with Gasteiger partial charge < -0.3 is 24.4 Å². The largest absolute Gasteiger partial charge is 0.460 e. The minimum absolute atomic E-state index is 0.130. The molecule has 0 fully saturated rings. The topological polar surface area (TPSA) is 77.1 Å². The normalized spacial score (nSPS) is 16.5. The van der Waals surface area contributed by atoms with Crippen LogP contribution in [0.2, 0.25) is 0 Å². The number of nitrogens with zero attached hydrogens (tertiary/aromatic N) is 1. The first-order valence-electron chi connectivity index (χ1n) is 10.00. The van der Waals surface area contributed by atoms with E-state index in [0.29, 0.717) is 29.1 Å². The molecule has 0 amide bonds. The second-order valence-corrected chi connectivity index (χ2v) is 7.71. The van der Waals surface area contributed by atoms with Gasteiger partial charge in [0.1, 0.15) is 6.61 Å². The van der Waals surface area contributed by atoms with Gasteiger partial charge in [0, 0.05) is 38.3 Å². The molecule has 2 rings (SSSR count). The van der Waals surface area contributed by atoms with Crippen molar-refractivity contribution in [3.05, 3.63) is 52.4 Å². The summed E-state index contributed by atoms with van der Waals surface area (Å²) in [6, 6.07) is 7.77. The highest BCUT2D eigenvalue weighted by Crippen LogP contribution is 2.40. The molecular weight excluding hydrogens is 384 g/mol. The van der Waals surface area contributed by atoms with Crippen LogP contribution in [0, 0.1) is 0 Å². The van der Waals surface area contributed by atoms with Crippen molar-refractivity contribution in [3.8, 4) is 0 Å². The molecule has 30 heavy (non-hydrogen) atoms. The third-order valence-corrected chi connectivity index (χ3v) is 4.78. The van der Waals surface area contributed by atoms with E-state index in [4.69, 9.17) is 14.2 Å². The summed E-state index contributed by atoms with van der Waals surface area (Å²) in [5, 5.41) is 3.16. The van der Waals surface area contributed by atoms with Crippen molar-refractivity contribution in [2.24, 2.45) is 0 Å². The Morgan fingerprint density at radius 3 is 2.27 bits per heavy atom. The average molecular weight is 417 g/mol. The smallest absolute Gasteiger partial charge is 0.337 e. The van der Waals surface area contributed by atoms with Gasteiger partial charge in [-0.25, -0.2) is 9.59 Å². The van der Waals surface area contributed by atoms with Crippen LogP contribution in [-0.4, -0.2) is 52.5 Å². The second kappa shape index (κ2) is 10.3. The predicted octanol–water partition coefficient (Wildman–Crippen LogP) is 3.13. The molecule has 0 saturated heterocycles. The third kappa shape index (κ3) is 5.42. The quantitative estimate of drug-likeness (QED) is 0.515. The lowest BCUT2D eigenvalue weighted by atomic mass is 9.80. The van der Waals surface area contributed by atoms with E-state index in [1.165, 1.54) is 0 Å². The molecule has 1 aromatic carbocycles. The zero-order valence-corrected chi connectivity index (χ0v) is 18.9. The van der Waals surface area contributed by atoms with Crippen molar-refractivity contribution < 1.29 is 23.8 Å². The number of methoxy groups -OCH3 is 1. The Hall–Kier alpha value is -2.80. The molecule has 164 valence electrons. The molecule has 1 aromatic rings. The minimum Gasteiger partial charge on any atom is -0.460 e. The van der Waals surface area contributed by atoms with Crippen molar-refractivity contribution in [1.29, 1.82) is 0 Å². The molecule has 1 aliphatic heterocycles. The minimum atomic E-state index is -0.604. The Balaban J connectivity index is 2.59. The first-order valence-corrected chi connectivity index (χ1v) is 10.00. The molecule has 0 spiro atoms. The van der Waals surface area contributed by atoms with Gasteiger partial charge in [0.05, 0.1) is 29.8 Å². The fraction of sp³-hybridized carbons (Fsp3) is 0.478. The summed E-state index contributed by atoms with van der Waals surface area (Å²) in [7, 11) is 5.43. The Labute approximate surface area is 178 Å². The number of hydrogen-bond acceptors (Lipinski definition) is 7. The maximum atomic E-state index is 13.0. The van der Waals surface area contributed by atoms with E-state index in [2.05, 4.69) is 5.32 Å². The van der Waals surface area contributed by atoms with Crippen LogP contribution in [0.1, 0.15) is 39.2 Å². The predicted molar refractivity (Wildman–Crippen MR) is 116 cm³/mol. The Morgan fingerprint density at radius 1 is 1.07 bits per heavy atom. The molecule has 0 bridgehead atoms. The number of rotatable bonds is 8. The van der Waals surface area contributed by atoms with Crippen molar-refractivity contribution >= 4 is 17.6 Å². The molecule has 7 nitrogen and oxygen atoms in total. The molecule has 1 aliphatic rings. The van der Waals surface area contributed by atoms with Crippen LogP contribution in [-0.2, 0) is 23.8 Å². The molecule has 0 saturated carbocycles. The fourth-order valence-corrected chi connectivity index (χ4v) is 3.42. The standard InChI is InChI=1S/C23H32N2O5/c1-14(2)30-23(27)20-16(4)24-15(3)19(22(26)29-12-11-28-7)21(20)17-9-8-10-18(13-17)25(5)6/h8-10,13-14,21,24H,11-12H2,1-7H3. The van der Waals surface area contributed by atoms with Gasteiger partial charge in [-0.1, -0.05) is 12.1 Å². The highest BCUT2D eigenvalue weighted by atomic mass is 16.6. The second-order valence-electron chi connectivity index (χ2n) is 7.71. The van der Waals surface area contributed by atoms with Gasteiger partial charge in [0.2, 0.25) is 0 Å². The molecular formula is C23H32N2O5. The van der Waals surface area contributed by atoms with Gasteiger partial charge in [-0.15, -0.1) is 0 Å². The van der Waals surface area contributed by atoms with E-state index in [9.17, 15) is 9.59 Å². The third-order valence-electron chi connectivity index (χ3n) is 4.78. The van der Waals surface area contributed by atoms with E-state index in [-0.39, 0.29) is 12.7 Å². The van der Waals surface area contributed by atoms with Crippen molar-refractivity contribution in [2.45, 2.75) is 39.7 Å². The number of anilines is 1. The number of ether oxygens (including phenoxy) is 3. The van der Waals surface area contributed by atoms with E-state index >= 15 is 0 Å². The summed E-state index contributed by atoms with van der Waals surface area (Å²) in [4.78, 5) is 28.0. The number of allylic oxidation sites excluding steroid dienone is 2. The monoisotopic (exact) mass is 416 g/mol. The summed E-state index contributed by atoms with van der Waals surface area (Å²) in [5.41, 5.74) is 3.89. The molecule has 1 heterocycles. The van der Waals surface area contributed by atoms with Crippen molar-refractivity contribution in [1.82, 2.24) is 5.32 Å².